The highest BCUT2D eigenvalue weighted by Crippen LogP contribution is 2.45. The van der Waals surface area contributed by atoms with Crippen LogP contribution in [0, 0.1) is 5.41 Å². The molecule has 1 amide bonds. The number of aromatic nitrogens is 1. The van der Waals surface area contributed by atoms with Crippen LogP contribution in [0.4, 0.5) is 5.82 Å². The minimum absolute atomic E-state index is 0.0409. The summed E-state index contributed by atoms with van der Waals surface area (Å²) < 4.78 is 5.37. The lowest BCUT2D eigenvalue weighted by molar-refractivity contribution is -0.00537. The second-order valence-electron chi connectivity index (χ2n) is 7.61. The van der Waals surface area contributed by atoms with Crippen molar-refractivity contribution in [1.29, 1.82) is 0 Å². The Labute approximate surface area is 148 Å². The minimum Gasteiger partial charge on any atom is -0.392 e. The van der Waals surface area contributed by atoms with Crippen molar-refractivity contribution in [1.82, 2.24) is 9.88 Å². The summed E-state index contributed by atoms with van der Waals surface area (Å²) in [6.07, 6.45) is 6.42. The van der Waals surface area contributed by atoms with E-state index in [4.69, 9.17) is 4.74 Å². The van der Waals surface area contributed by atoms with Crippen molar-refractivity contribution < 1.29 is 14.6 Å². The van der Waals surface area contributed by atoms with Crippen LogP contribution in [0.1, 0.15) is 42.5 Å². The number of hydrogen-bond donors (Lipinski definition) is 1. The average molecular weight is 345 g/mol. The fourth-order valence-electron chi connectivity index (χ4n) is 4.60. The van der Waals surface area contributed by atoms with Crippen LogP contribution < -0.4 is 4.90 Å². The van der Waals surface area contributed by atoms with Crippen LogP contribution >= 0.6 is 0 Å². The van der Waals surface area contributed by atoms with Crippen LogP contribution in [0.15, 0.2) is 18.3 Å². The van der Waals surface area contributed by atoms with Crippen molar-refractivity contribution in [3.8, 4) is 0 Å². The Hall–Kier alpha value is -1.66. The van der Waals surface area contributed by atoms with Crippen molar-refractivity contribution >= 4 is 11.7 Å². The maximum atomic E-state index is 12.9. The first-order valence-electron chi connectivity index (χ1n) is 9.44. The third-order valence-corrected chi connectivity index (χ3v) is 6.08. The predicted molar refractivity (Wildman–Crippen MR) is 94.7 cm³/mol. The molecule has 25 heavy (non-hydrogen) atoms. The van der Waals surface area contributed by atoms with Crippen LogP contribution in [0.5, 0.6) is 0 Å². The molecule has 2 atom stereocenters. The largest absolute Gasteiger partial charge is 0.392 e. The van der Waals surface area contributed by atoms with Crippen LogP contribution in [0.3, 0.4) is 0 Å². The molecule has 0 radical (unpaired) electrons. The molecule has 0 bridgehead atoms. The molecule has 2 aliphatic heterocycles. The lowest BCUT2D eigenvalue weighted by Gasteiger charge is -2.42. The van der Waals surface area contributed by atoms with Gasteiger partial charge < -0.3 is 19.6 Å². The van der Waals surface area contributed by atoms with Gasteiger partial charge in [0.1, 0.15) is 5.82 Å². The number of piperidine rings is 1. The Bertz CT molecular complexity index is 615. The molecule has 1 saturated carbocycles. The standard InChI is InChI=1S/C19H27N3O3/c23-16-3-1-6-19(16)7-2-8-22(14-19)18(24)15-4-5-17(20-13-15)21-9-11-25-12-10-21/h4-5,13,16,23H,1-3,6-12,14H2/t16-,19-/m1/s1. The monoisotopic (exact) mass is 345 g/mol. The zero-order chi connectivity index (χ0) is 17.3. The molecule has 3 heterocycles. The van der Waals surface area contributed by atoms with Gasteiger partial charge >= 0.3 is 0 Å². The third kappa shape index (κ3) is 3.25. The Kier molecular flexibility index (Phi) is 4.65. The Balaban J connectivity index is 1.45. The van der Waals surface area contributed by atoms with Gasteiger partial charge in [-0.15, -0.1) is 0 Å². The molecule has 1 aromatic rings. The summed E-state index contributed by atoms with van der Waals surface area (Å²) >= 11 is 0. The quantitative estimate of drug-likeness (QED) is 0.883. The molecule has 0 unspecified atom stereocenters. The number of aliphatic hydroxyl groups excluding tert-OH is 1. The lowest BCUT2D eigenvalue weighted by Crippen LogP contribution is -2.49. The van der Waals surface area contributed by atoms with Gasteiger partial charge in [-0.25, -0.2) is 4.98 Å². The molecule has 1 aromatic heterocycles. The number of anilines is 1. The summed E-state index contributed by atoms with van der Waals surface area (Å²) in [5.74, 6) is 0.945. The van der Waals surface area contributed by atoms with E-state index in [0.29, 0.717) is 12.1 Å². The molecule has 6 heteroatoms. The van der Waals surface area contributed by atoms with Gasteiger partial charge in [0.05, 0.1) is 24.9 Å². The fraction of sp³-hybridized carbons (Fsp3) is 0.684. The second kappa shape index (κ2) is 6.92. The summed E-state index contributed by atoms with van der Waals surface area (Å²) in [7, 11) is 0. The summed E-state index contributed by atoms with van der Waals surface area (Å²) in [5.41, 5.74) is 0.566. The van der Waals surface area contributed by atoms with Gasteiger partial charge in [-0.2, -0.15) is 0 Å². The van der Waals surface area contributed by atoms with Crippen LogP contribution in [-0.2, 0) is 4.74 Å². The molecule has 3 fully saturated rings. The van der Waals surface area contributed by atoms with E-state index in [9.17, 15) is 9.90 Å². The normalized spacial score (nSPS) is 30.0. The van der Waals surface area contributed by atoms with E-state index in [1.165, 1.54) is 0 Å². The zero-order valence-corrected chi connectivity index (χ0v) is 14.7. The van der Waals surface area contributed by atoms with Gasteiger partial charge in [-0.1, -0.05) is 6.42 Å². The smallest absolute Gasteiger partial charge is 0.255 e. The molecule has 136 valence electrons. The van der Waals surface area contributed by atoms with Gasteiger partial charge in [-0.05, 0) is 37.8 Å². The molecule has 6 nitrogen and oxygen atoms in total. The Morgan fingerprint density at radius 2 is 2.00 bits per heavy atom. The van der Waals surface area contributed by atoms with Gasteiger partial charge in [-0.3, -0.25) is 4.79 Å². The van der Waals surface area contributed by atoms with E-state index in [1.54, 1.807) is 6.20 Å². The van der Waals surface area contributed by atoms with Crippen LogP contribution in [-0.4, -0.2) is 66.4 Å². The highest BCUT2D eigenvalue weighted by atomic mass is 16.5. The van der Waals surface area contributed by atoms with E-state index in [2.05, 4.69) is 9.88 Å². The second-order valence-corrected chi connectivity index (χ2v) is 7.61. The average Bonchev–Trinajstić information content (AvgIpc) is 3.01. The molecule has 1 aliphatic carbocycles. The summed E-state index contributed by atoms with van der Waals surface area (Å²) in [5, 5.41) is 10.4. The number of rotatable bonds is 2. The first kappa shape index (κ1) is 16.8. The van der Waals surface area contributed by atoms with E-state index >= 15 is 0 Å². The lowest BCUT2D eigenvalue weighted by atomic mass is 9.76. The van der Waals surface area contributed by atoms with Crippen LogP contribution in [0.25, 0.3) is 0 Å². The maximum Gasteiger partial charge on any atom is 0.255 e. The minimum atomic E-state index is -0.259. The maximum absolute atomic E-state index is 12.9. The first-order chi connectivity index (χ1) is 12.2. The SMILES string of the molecule is O=C(c1ccc(N2CCOCC2)nc1)N1CCC[C@]2(CCC[C@H]2O)C1. The number of likely N-dealkylation sites (tertiary alicyclic amines) is 1. The van der Waals surface area contributed by atoms with Crippen molar-refractivity contribution in [2.24, 2.45) is 5.41 Å². The highest BCUT2D eigenvalue weighted by Gasteiger charge is 2.45. The van der Waals surface area contributed by atoms with Gasteiger partial charge in [0.2, 0.25) is 0 Å². The highest BCUT2D eigenvalue weighted by molar-refractivity contribution is 5.94. The summed E-state index contributed by atoms with van der Waals surface area (Å²) in [4.78, 5) is 21.5. The predicted octanol–water partition coefficient (Wildman–Crippen LogP) is 1.69. The van der Waals surface area contributed by atoms with E-state index in [-0.39, 0.29) is 17.4 Å². The number of nitrogens with zero attached hydrogens (tertiary/aromatic N) is 3. The van der Waals surface area contributed by atoms with E-state index in [0.717, 1.165) is 70.8 Å². The summed E-state index contributed by atoms with van der Waals surface area (Å²) in [6.45, 7) is 4.58. The first-order valence-corrected chi connectivity index (χ1v) is 9.44. The molecule has 1 N–H and O–H groups in total. The number of amides is 1. The molecule has 4 rings (SSSR count). The summed E-state index contributed by atoms with van der Waals surface area (Å²) in [6, 6.07) is 3.81. The topological polar surface area (TPSA) is 65.9 Å². The number of carbonyl (C=O) groups is 1. The van der Waals surface area contributed by atoms with E-state index in [1.807, 2.05) is 17.0 Å². The van der Waals surface area contributed by atoms with Crippen molar-refractivity contribution in [3.05, 3.63) is 23.9 Å². The van der Waals surface area contributed by atoms with Gasteiger partial charge in [0.15, 0.2) is 0 Å². The zero-order valence-electron chi connectivity index (χ0n) is 14.7. The molecule has 2 saturated heterocycles. The number of ether oxygens (including phenoxy) is 1. The van der Waals surface area contributed by atoms with Gasteiger partial charge in [0, 0.05) is 37.8 Å². The molecular formula is C19H27N3O3. The Morgan fingerprint density at radius 3 is 2.68 bits per heavy atom. The molecule has 1 spiro atoms. The molecule has 0 aromatic carbocycles. The van der Waals surface area contributed by atoms with Crippen molar-refractivity contribution in [2.75, 3.05) is 44.3 Å². The number of hydrogen-bond acceptors (Lipinski definition) is 5. The number of morpholine rings is 1. The van der Waals surface area contributed by atoms with Crippen LogP contribution in [0.2, 0.25) is 0 Å². The number of pyridine rings is 1. The number of carbonyl (C=O) groups excluding carboxylic acids is 1. The van der Waals surface area contributed by atoms with Crippen molar-refractivity contribution in [2.45, 2.75) is 38.2 Å². The van der Waals surface area contributed by atoms with Gasteiger partial charge in [0.25, 0.3) is 5.91 Å². The third-order valence-electron chi connectivity index (χ3n) is 6.08. The molecule has 3 aliphatic rings. The fourth-order valence-corrected chi connectivity index (χ4v) is 4.60. The van der Waals surface area contributed by atoms with Crippen molar-refractivity contribution in [3.63, 3.8) is 0 Å². The van der Waals surface area contributed by atoms with E-state index < -0.39 is 0 Å². The number of aliphatic hydroxyl groups is 1. The Morgan fingerprint density at radius 1 is 1.20 bits per heavy atom. The molecular weight excluding hydrogens is 318 g/mol.